The zero-order chi connectivity index (χ0) is 37.7. The van der Waals surface area contributed by atoms with Gasteiger partial charge in [-0.25, -0.2) is 18.0 Å². The fourth-order valence-corrected chi connectivity index (χ4v) is 5.03. The molecule has 0 bridgehead atoms. The van der Waals surface area contributed by atoms with Crippen molar-refractivity contribution < 1.29 is 49.6 Å². The molecule has 17 heteroatoms. The number of halogens is 6. The number of benzene rings is 2. The summed E-state index contributed by atoms with van der Waals surface area (Å²) in [5, 5.41) is 12.9. The quantitative estimate of drug-likeness (QED) is 0.140. The number of hydrogen-bond donors (Lipinski definition) is 1. The van der Waals surface area contributed by atoms with Gasteiger partial charge in [-0.2, -0.15) is 18.2 Å². The Morgan fingerprint density at radius 1 is 1.06 bits per heavy atom. The normalized spacial score (nSPS) is 15.8. The number of alkyl halides is 5. The van der Waals surface area contributed by atoms with Crippen molar-refractivity contribution in [2.45, 2.75) is 104 Å². The number of anilines is 1. The van der Waals surface area contributed by atoms with Crippen LogP contribution in [-0.2, 0) is 28.2 Å². The number of aromatic nitrogens is 4. The molecule has 0 saturated heterocycles. The van der Waals surface area contributed by atoms with Gasteiger partial charge in [-0.05, 0) is 38.5 Å². The fraction of sp³-hybridized carbons (Fsp3) is 0.471. The highest BCUT2D eigenvalue weighted by atomic mass is 19.4. The van der Waals surface area contributed by atoms with E-state index in [1.807, 2.05) is 0 Å². The summed E-state index contributed by atoms with van der Waals surface area (Å²) in [5.74, 6) is -8.07. The summed E-state index contributed by atoms with van der Waals surface area (Å²) < 4.78 is 100. The first-order valence-electron chi connectivity index (χ1n) is 16.2. The third-order valence-electron chi connectivity index (χ3n) is 7.42. The summed E-state index contributed by atoms with van der Waals surface area (Å²) in [6.07, 6.45) is -1.66. The lowest BCUT2D eigenvalue weighted by atomic mass is 9.99. The molecule has 1 aliphatic rings. The second-order valence-corrected chi connectivity index (χ2v) is 12.8. The van der Waals surface area contributed by atoms with Gasteiger partial charge in [0.05, 0.1) is 17.8 Å². The van der Waals surface area contributed by atoms with Gasteiger partial charge >= 0.3 is 18.2 Å². The maximum absolute atomic E-state index is 15.7. The SMILES string of the molecule is CCCCCC.Cc1nnc(-c2cc3c(cc2F)C(F)(F)CC(NC(=O)OC(C)(C)C)C(=O)N3Cc2ccc(-c3noc(C(F)(F)F)n3)cc2)o1. The summed E-state index contributed by atoms with van der Waals surface area (Å²) in [6.45, 7) is 10.2. The van der Waals surface area contributed by atoms with Crippen molar-refractivity contribution in [1.82, 2.24) is 25.7 Å². The van der Waals surface area contributed by atoms with E-state index in [9.17, 15) is 22.8 Å². The number of fused-ring (bicyclic) bond motifs is 1. The molecular weight excluding hydrogens is 686 g/mol. The van der Waals surface area contributed by atoms with Crippen LogP contribution in [-0.4, -0.2) is 44.0 Å². The molecule has 1 unspecified atom stereocenters. The van der Waals surface area contributed by atoms with Crippen LogP contribution in [0.4, 0.5) is 36.8 Å². The van der Waals surface area contributed by atoms with E-state index < -0.39 is 65.1 Å². The Kier molecular flexibility index (Phi) is 11.8. The Bertz CT molecular complexity index is 1810. The lowest BCUT2D eigenvalue weighted by Crippen LogP contribution is -2.49. The van der Waals surface area contributed by atoms with Crippen molar-refractivity contribution in [2.24, 2.45) is 0 Å². The third kappa shape index (κ3) is 9.85. The Hall–Kier alpha value is -4.96. The molecule has 3 heterocycles. The highest BCUT2D eigenvalue weighted by Crippen LogP contribution is 2.45. The molecule has 4 aromatic rings. The smallest absolute Gasteiger partial charge is 0.444 e. The van der Waals surface area contributed by atoms with E-state index in [1.165, 1.54) is 56.9 Å². The molecule has 1 N–H and O–H groups in total. The van der Waals surface area contributed by atoms with E-state index in [0.29, 0.717) is 11.6 Å². The number of rotatable bonds is 8. The van der Waals surface area contributed by atoms with Crippen molar-refractivity contribution in [2.75, 3.05) is 4.90 Å². The van der Waals surface area contributed by atoms with Gasteiger partial charge < -0.3 is 23.9 Å². The lowest BCUT2D eigenvalue weighted by molar-refractivity contribution is -0.159. The molecule has 0 saturated carbocycles. The van der Waals surface area contributed by atoms with Crippen molar-refractivity contribution in [3.05, 3.63) is 65.1 Å². The third-order valence-corrected chi connectivity index (χ3v) is 7.42. The van der Waals surface area contributed by atoms with Gasteiger partial charge in [0.15, 0.2) is 0 Å². The van der Waals surface area contributed by atoms with Crippen LogP contribution in [0.25, 0.3) is 22.8 Å². The predicted octanol–water partition coefficient (Wildman–Crippen LogP) is 8.76. The molecule has 11 nitrogen and oxygen atoms in total. The molecule has 1 atom stereocenters. The van der Waals surface area contributed by atoms with Crippen molar-refractivity contribution in [3.8, 4) is 22.8 Å². The molecule has 1 aliphatic heterocycles. The zero-order valence-corrected chi connectivity index (χ0v) is 28.8. The number of carbonyl (C=O) groups is 2. The first kappa shape index (κ1) is 38.8. The van der Waals surface area contributed by atoms with Crippen LogP contribution in [0, 0.1) is 12.7 Å². The standard InChI is InChI=1S/C28H24F6N6O5.C6H14/c1-13-37-38-22(43-13)16-9-20-17(10-18(16)29)27(30,31)11-19(35-25(42)44-26(2,3)4)23(41)40(20)12-14-5-7-15(8-6-14)21-36-24(45-39-21)28(32,33)34;1-3-5-6-4-2/h5-10,19H,11-12H2,1-4H3,(H,35,42);3-6H2,1-2H3. The Balaban J connectivity index is 0.000000894. The molecule has 2 aromatic carbocycles. The van der Waals surface area contributed by atoms with E-state index in [0.717, 1.165) is 11.0 Å². The van der Waals surface area contributed by atoms with Gasteiger partial charge in [0.1, 0.15) is 17.5 Å². The number of carbonyl (C=O) groups excluding carboxylic acids is 2. The Morgan fingerprint density at radius 2 is 1.71 bits per heavy atom. The van der Waals surface area contributed by atoms with Gasteiger partial charge in [-0.15, -0.1) is 10.2 Å². The average molecular weight is 725 g/mol. The second kappa shape index (κ2) is 15.5. The van der Waals surface area contributed by atoms with Crippen molar-refractivity contribution in [3.63, 3.8) is 0 Å². The number of hydrogen-bond acceptors (Lipinski definition) is 9. The van der Waals surface area contributed by atoms with E-state index in [4.69, 9.17) is 9.15 Å². The molecule has 51 heavy (non-hydrogen) atoms. The largest absolute Gasteiger partial charge is 0.471 e. The minimum Gasteiger partial charge on any atom is -0.444 e. The van der Waals surface area contributed by atoms with Crippen molar-refractivity contribution >= 4 is 17.7 Å². The lowest BCUT2D eigenvalue weighted by Gasteiger charge is -2.27. The average Bonchev–Trinajstić information content (AvgIpc) is 3.70. The number of alkyl carbamates (subject to hydrolysis) is 1. The number of unbranched alkanes of at least 4 members (excludes halogenated alkanes) is 3. The van der Waals surface area contributed by atoms with Gasteiger partial charge in [0.2, 0.25) is 17.6 Å². The molecule has 0 spiro atoms. The minimum absolute atomic E-state index is 0.0725. The molecule has 276 valence electrons. The van der Waals surface area contributed by atoms with Crippen LogP contribution in [0.1, 0.15) is 89.6 Å². The number of ether oxygens (including phenoxy) is 1. The van der Waals surface area contributed by atoms with Gasteiger partial charge in [0, 0.05) is 24.5 Å². The summed E-state index contributed by atoms with van der Waals surface area (Å²) in [6, 6.07) is 5.22. The van der Waals surface area contributed by atoms with Crippen LogP contribution in [0.15, 0.2) is 45.3 Å². The first-order valence-corrected chi connectivity index (χ1v) is 16.2. The maximum atomic E-state index is 15.7. The molecule has 2 aromatic heterocycles. The van der Waals surface area contributed by atoms with E-state index in [-0.39, 0.29) is 35.3 Å². The number of aryl methyl sites for hydroxylation is 1. The Morgan fingerprint density at radius 3 is 2.24 bits per heavy atom. The second-order valence-electron chi connectivity index (χ2n) is 12.8. The molecule has 0 radical (unpaired) electrons. The fourth-order valence-electron chi connectivity index (χ4n) is 5.03. The highest BCUT2D eigenvalue weighted by Gasteiger charge is 2.47. The first-order chi connectivity index (χ1) is 23.8. The van der Waals surface area contributed by atoms with E-state index >= 15 is 13.2 Å². The summed E-state index contributed by atoms with van der Waals surface area (Å²) in [7, 11) is 0. The summed E-state index contributed by atoms with van der Waals surface area (Å²) in [4.78, 5) is 30.6. The number of nitrogens with zero attached hydrogens (tertiary/aromatic N) is 5. The molecule has 0 fully saturated rings. The van der Waals surface area contributed by atoms with Crippen LogP contribution in [0.5, 0.6) is 0 Å². The maximum Gasteiger partial charge on any atom is 0.471 e. The highest BCUT2D eigenvalue weighted by molar-refractivity contribution is 6.00. The number of nitrogens with one attached hydrogen (secondary N) is 1. The van der Waals surface area contributed by atoms with Gasteiger partial charge in [-0.1, -0.05) is 69.0 Å². The Labute approximate surface area is 289 Å². The predicted molar refractivity (Wildman–Crippen MR) is 172 cm³/mol. The minimum atomic E-state index is -4.85. The van der Waals surface area contributed by atoms with Crippen LogP contribution in [0.3, 0.4) is 0 Å². The molecular formula is C34H38F6N6O5. The topological polar surface area (TPSA) is 136 Å². The summed E-state index contributed by atoms with van der Waals surface area (Å²) >= 11 is 0. The van der Waals surface area contributed by atoms with Crippen molar-refractivity contribution in [1.29, 1.82) is 0 Å². The number of amides is 2. The van der Waals surface area contributed by atoms with E-state index in [2.05, 4.69) is 44.0 Å². The summed E-state index contributed by atoms with van der Waals surface area (Å²) in [5.41, 5.74) is -2.15. The van der Waals surface area contributed by atoms with Gasteiger partial charge in [0.25, 0.3) is 11.8 Å². The zero-order valence-electron chi connectivity index (χ0n) is 28.8. The van der Waals surface area contributed by atoms with Crippen LogP contribution >= 0.6 is 0 Å². The molecule has 5 rings (SSSR count). The van der Waals surface area contributed by atoms with Crippen LogP contribution < -0.4 is 10.2 Å². The molecule has 2 amide bonds. The van der Waals surface area contributed by atoms with E-state index in [1.54, 1.807) is 20.8 Å². The van der Waals surface area contributed by atoms with Crippen LogP contribution in [0.2, 0.25) is 0 Å². The molecule has 0 aliphatic carbocycles. The monoisotopic (exact) mass is 724 g/mol. The van der Waals surface area contributed by atoms with Gasteiger partial charge in [-0.3, -0.25) is 4.79 Å².